The zero-order chi connectivity index (χ0) is 27.5. The zero-order valence-corrected chi connectivity index (χ0v) is 23.2. The third kappa shape index (κ3) is 8.73. The van der Waals surface area contributed by atoms with E-state index in [4.69, 9.17) is 10.5 Å². The van der Waals surface area contributed by atoms with Crippen molar-refractivity contribution in [3.05, 3.63) is 81.8 Å². The molecule has 0 radical (unpaired) electrons. The molecule has 38 heavy (non-hydrogen) atoms. The van der Waals surface area contributed by atoms with Crippen LogP contribution in [0.3, 0.4) is 0 Å². The van der Waals surface area contributed by atoms with Crippen molar-refractivity contribution in [1.82, 2.24) is 15.0 Å². The molecule has 0 aliphatic rings. The maximum atomic E-state index is 12.9. The lowest BCUT2D eigenvalue weighted by atomic mass is 10.1. The number of esters is 1. The number of benzene rings is 2. The van der Waals surface area contributed by atoms with Gasteiger partial charge in [0, 0.05) is 11.9 Å². The molecule has 0 bridgehead atoms. The van der Waals surface area contributed by atoms with Gasteiger partial charge in [-0.3, -0.25) is 4.79 Å². The Balaban J connectivity index is 1.52. The molecule has 3 rings (SSSR count). The van der Waals surface area contributed by atoms with Gasteiger partial charge in [0.05, 0.1) is 17.5 Å². The van der Waals surface area contributed by atoms with Crippen LogP contribution in [0.15, 0.2) is 64.9 Å². The van der Waals surface area contributed by atoms with Crippen LogP contribution in [0.2, 0.25) is 0 Å². The third-order valence-corrected chi connectivity index (χ3v) is 8.24. The number of carbonyl (C=O) groups excluding carboxylic acids is 2. The van der Waals surface area contributed by atoms with Crippen LogP contribution in [-0.4, -0.2) is 44.5 Å². The Labute approximate surface area is 227 Å². The van der Waals surface area contributed by atoms with E-state index in [1.54, 1.807) is 36.6 Å². The lowest BCUT2D eigenvalue weighted by Gasteiger charge is -2.17. The number of nitrogens with one attached hydrogen (secondary N) is 2. The summed E-state index contributed by atoms with van der Waals surface area (Å²) in [5.41, 5.74) is 8.53. The van der Waals surface area contributed by atoms with Gasteiger partial charge in [0.15, 0.2) is 0 Å². The SMILES string of the molecule is CCOC(=O)C(CCCCNS(=O)(=O)c1ccc(C)cc1)NC(=O)c1csc(C(N)Cc2ccccc2)n1. The zero-order valence-electron chi connectivity index (χ0n) is 21.6. The first-order valence-corrected chi connectivity index (χ1v) is 14.8. The summed E-state index contributed by atoms with van der Waals surface area (Å²) in [5.74, 6) is -1.03. The molecule has 0 aliphatic carbocycles. The van der Waals surface area contributed by atoms with Crippen molar-refractivity contribution in [3.63, 3.8) is 0 Å². The molecule has 2 unspecified atom stereocenters. The maximum absolute atomic E-state index is 12.9. The smallest absolute Gasteiger partial charge is 0.328 e. The van der Waals surface area contributed by atoms with Gasteiger partial charge in [-0.1, -0.05) is 48.0 Å². The summed E-state index contributed by atoms with van der Waals surface area (Å²) in [5, 5.41) is 4.96. The number of aromatic nitrogens is 1. The van der Waals surface area contributed by atoms with Crippen LogP contribution in [0.4, 0.5) is 0 Å². The summed E-state index contributed by atoms with van der Waals surface area (Å²) in [6.07, 6.45) is 1.85. The summed E-state index contributed by atoms with van der Waals surface area (Å²) in [4.78, 5) is 29.9. The summed E-state index contributed by atoms with van der Waals surface area (Å²) in [7, 11) is -3.61. The third-order valence-electron chi connectivity index (χ3n) is 5.79. The fourth-order valence-electron chi connectivity index (χ4n) is 3.72. The van der Waals surface area contributed by atoms with Crippen LogP contribution < -0.4 is 15.8 Å². The molecule has 0 spiro atoms. The van der Waals surface area contributed by atoms with Crippen LogP contribution in [0, 0.1) is 6.92 Å². The highest BCUT2D eigenvalue weighted by atomic mass is 32.2. The van der Waals surface area contributed by atoms with Gasteiger partial charge in [0.25, 0.3) is 5.91 Å². The van der Waals surface area contributed by atoms with E-state index in [0.29, 0.717) is 30.7 Å². The second kappa shape index (κ2) is 14.1. The minimum Gasteiger partial charge on any atom is -0.464 e. The Hall–Kier alpha value is -3.12. The quantitative estimate of drug-likeness (QED) is 0.203. The summed E-state index contributed by atoms with van der Waals surface area (Å²) in [6, 6.07) is 15.2. The van der Waals surface area contributed by atoms with E-state index >= 15 is 0 Å². The van der Waals surface area contributed by atoms with Gasteiger partial charge in [-0.2, -0.15) is 0 Å². The second-order valence-corrected chi connectivity index (χ2v) is 11.5. The van der Waals surface area contributed by atoms with Gasteiger partial charge in [-0.15, -0.1) is 11.3 Å². The number of ether oxygens (including phenoxy) is 1. The fraction of sp³-hybridized carbons (Fsp3) is 0.370. The minimum absolute atomic E-state index is 0.177. The largest absolute Gasteiger partial charge is 0.464 e. The van der Waals surface area contributed by atoms with Crippen LogP contribution in [0.1, 0.15) is 58.9 Å². The molecular weight excluding hydrogens is 524 g/mol. The summed E-state index contributed by atoms with van der Waals surface area (Å²) in [6.45, 7) is 3.96. The predicted molar refractivity (Wildman–Crippen MR) is 147 cm³/mol. The molecule has 11 heteroatoms. The Kier molecular flexibility index (Phi) is 11.0. The van der Waals surface area contributed by atoms with Gasteiger partial charge >= 0.3 is 5.97 Å². The van der Waals surface area contributed by atoms with E-state index in [2.05, 4.69) is 15.0 Å². The molecule has 204 valence electrons. The molecule has 4 N–H and O–H groups in total. The van der Waals surface area contributed by atoms with E-state index in [0.717, 1.165) is 11.1 Å². The Morgan fingerprint density at radius 1 is 1.08 bits per heavy atom. The van der Waals surface area contributed by atoms with Crippen molar-refractivity contribution < 1.29 is 22.7 Å². The molecule has 1 heterocycles. The first-order chi connectivity index (χ1) is 18.2. The van der Waals surface area contributed by atoms with Crippen molar-refractivity contribution >= 4 is 33.2 Å². The van der Waals surface area contributed by atoms with E-state index in [-0.39, 0.29) is 29.8 Å². The number of nitrogens with two attached hydrogens (primary N) is 1. The fourth-order valence-corrected chi connectivity index (χ4v) is 5.60. The lowest BCUT2D eigenvalue weighted by molar-refractivity contribution is -0.145. The highest BCUT2D eigenvalue weighted by Gasteiger charge is 2.24. The van der Waals surface area contributed by atoms with Crippen LogP contribution >= 0.6 is 11.3 Å². The maximum Gasteiger partial charge on any atom is 0.328 e. The first kappa shape index (κ1) is 29.4. The average Bonchev–Trinajstić information content (AvgIpc) is 3.39. The van der Waals surface area contributed by atoms with Crippen molar-refractivity contribution in [2.24, 2.45) is 5.73 Å². The van der Waals surface area contributed by atoms with Crippen LogP contribution in [0.5, 0.6) is 0 Å². The minimum atomic E-state index is -3.61. The first-order valence-electron chi connectivity index (χ1n) is 12.5. The number of sulfonamides is 1. The van der Waals surface area contributed by atoms with E-state index in [1.807, 2.05) is 37.3 Å². The molecule has 2 atom stereocenters. The number of carbonyl (C=O) groups is 2. The Morgan fingerprint density at radius 3 is 2.47 bits per heavy atom. The van der Waals surface area contributed by atoms with Gasteiger partial charge in [0.2, 0.25) is 10.0 Å². The Morgan fingerprint density at radius 2 is 1.79 bits per heavy atom. The molecule has 0 aliphatic heterocycles. The highest BCUT2D eigenvalue weighted by Crippen LogP contribution is 2.20. The molecular formula is C27H34N4O5S2. The van der Waals surface area contributed by atoms with Crippen molar-refractivity contribution in [3.8, 4) is 0 Å². The van der Waals surface area contributed by atoms with E-state index in [1.165, 1.54) is 11.3 Å². The average molecular weight is 559 g/mol. The number of amides is 1. The van der Waals surface area contributed by atoms with E-state index in [9.17, 15) is 18.0 Å². The number of nitrogens with zero attached hydrogens (tertiary/aromatic N) is 1. The number of hydrogen-bond donors (Lipinski definition) is 3. The Bertz CT molecular complexity index is 1290. The number of unbranched alkanes of at least 4 members (excludes halogenated alkanes) is 1. The predicted octanol–water partition coefficient (Wildman–Crippen LogP) is 3.50. The number of thiazole rings is 1. The molecule has 1 aromatic heterocycles. The molecule has 1 amide bonds. The van der Waals surface area contributed by atoms with Crippen molar-refractivity contribution in [2.45, 2.75) is 56.5 Å². The highest BCUT2D eigenvalue weighted by molar-refractivity contribution is 7.89. The second-order valence-electron chi connectivity index (χ2n) is 8.85. The summed E-state index contributed by atoms with van der Waals surface area (Å²) < 4.78 is 32.6. The monoisotopic (exact) mass is 558 g/mol. The number of hydrogen-bond acceptors (Lipinski definition) is 8. The molecule has 0 saturated heterocycles. The van der Waals surface area contributed by atoms with E-state index < -0.39 is 27.9 Å². The number of aryl methyl sites for hydroxylation is 1. The molecule has 9 nitrogen and oxygen atoms in total. The standard InChI is InChI=1S/C27H34N4O5S2/c1-3-36-27(33)23(11-7-8-16-29-38(34,35)21-14-12-19(2)13-15-21)30-25(32)24-18-37-26(31-24)22(28)17-20-9-5-4-6-10-20/h4-6,9-10,12-15,18,22-23,29H,3,7-8,11,16-17,28H2,1-2H3,(H,30,32). The van der Waals surface area contributed by atoms with Gasteiger partial charge in [0.1, 0.15) is 16.7 Å². The van der Waals surface area contributed by atoms with Gasteiger partial charge in [-0.25, -0.2) is 22.9 Å². The van der Waals surface area contributed by atoms with Gasteiger partial charge in [-0.05, 0) is 57.2 Å². The topological polar surface area (TPSA) is 140 Å². The van der Waals surface area contributed by atoms with Crippen molar-refractivity contribution in [1.29, 1.82) is 0 Å². The van der Waals surface area contributed by atoms with Crippen molar-refractivity contribution in [2.75, 3.05) is 13.2 Å². The van der Waals surface area contributed by atoms with Crippen LogP contribution in [-0.2, 0) is 26.0 Å². The van der Waals surface area contributed by atoms with Crippen LogP contribution in [0.25, 0.3) is 0 Å². The molecule has 0 fully saturated rings. The molecule has 3 aromatic rings. The molecule has 2 aromatic carbocycles. The number of rotatable bonds is 14. The molecule has 0 saturated carbocycles. The normalized spacial score (nSPS) is 13.0. The van der Waals surface area contributed by atoms with Gasteiger partial charge < -0.3 is 15.8 Å². The summed E-state index contributed by atoms with van der Waals surface area (Å²) >= 11 is 1.30. The lowest BCUT2D eigenvalue weighted by Crippen LogP contribution is -2.42.